The number of fused-ring (bicyclic) bond motifs is 1. The molecule has 2 heterocycles. The molecule has 0 spiro atoms. The molecule has 3 aromatic rings. The van der Waals surface area contributed by atoms with E-state index in [4.69, 9.17) is 5.26 Å². The predicted octanol–water partition coefficient (Wildman–Crippen LogP) is 1.81. The summed E-state index contributed by atoms with van der Waals surface area (Å²) in [6, 6.07) is 14.5. The van der Waals surface area contributed by atoms with Crippen LogP contribution in [0.1, 0.15) is 24.5 Å². The molecule has 0 bridgehead atoms. The van der Waals surface area contributed by atoms with E-state index in [1.54, 1.807) is 41.4 Å². The van der Waals surface area contributed by atoms with Crippen molar-refractivity contribution in [3.63, 3.8) is 0 Å². The molecule has 0 atom stereocenters. The van der Waals surface area contributed by atoms with E-state index in [0.29, 0.717) is 24.3 Å². The van der Waals surface area contributed by atoms with Gasteiger partial charge >= 0.3 is 5.69 Å². The average molecular weight is 349 g/mol. The van der Waals surface area contributed by atoms with Crippen LogP contribution in [0, 0.1) is 11.3 Å². The van der Waals surface area contributed by atoms with Gasteiger partial charge in [0.1, 0.15) is 6.54 Å². The van der Waals surface area contributed by atoms with Gasteiger partial charge in [0.2, 0.25) is 5.91 Å². The monoisotopic (exact) mass is 349 g/mol. The van der Waals surface area contributed by atoms with Crippen molar-refractivity contribution in [3.05, 3.63) is 70.3 Å². The number of hydrogen-bond donors (Lipinski definition) is 0. The molecule has 0 fully saturated rings. The van der Waals surface area contributed by atoms with Crippen molar-refractivity contribution in [2.24, 2.45) is 0 Å². The first kappa shape index (κ1) is 17.4. The van der Waals surface area contributed by atoms with E-state index in [2.05, 4.69) is 11.2 Å². The second-order valence-corrected chi connectivity index (χ2v) is 5.99. The number of aromatic nitrogens is 3. The van der Waals surface area contributed by atoms with Gasteiger partial charge in [0.15, 0.2) is 5.65 Å². The van der Waals surface area contributed by atoms with E-state index in [1.807, 2.05) is 19.1 Å². The fraction of sp³-hybridized carbons (Fsp3) is 0.263. The number of nitriles is 1. The molecule has 0 aliphatic carbocycles. The minimum absolute atomic E-state index is 0.100. The fourth-order valence-electron chi connectivity index (χ4n) is 2.77. The Bertz CT molecular complexity index is 1010. The van der Waals surface area contributed by atoms with Crippen LogP contribution in [-0.4, -0.2) is 31.5 Å². The number of benzene rings is 1. The molecular weight excluding hydrogens is 330 g/mol. The van der Waals surface area contributed by atoms with E-state index in [1.165, 1.54) is 9.08 Å². The molecule has 0 N–H and O–H groups in total. The first-order valence-corrected chi connectivity index (χ1v) is 8.43. The van der Waals surface area contributed by atoms with E-state index < -0.39 is 0 Å². The topological polar surface area (TPSA) is 83.4 Å². The molecule has 0 radical (unpaired) electrons. The number of pyridine rings is 1. The molecule has 7 nitrogen and oxygen atoms in total. The van der Waals surface area contributed by atoms with Gasteiger partial charge in [0.05, 0.1) is 11.6 Å². The van der Waals surface area contributed by atoms with Crippen molar-refractivity contribution in [3.8, 4) is 6.07 Å². The van der Waals surface area contributed by atoms with Crippen molar-refractivity contribution >= 4 is 11.6 Å². The third-order valence-electron chi connectivity index (χ3n) is 4.08. The van der Waals surface area contributed by atoms with Gasteiger partial charge in [-0.05, 0) is 36.2 Å². The second kappa shape index (κ2) is 7.66. The summed E-state index contributed by atoms with van der Waals surface area (Å²) in [6.45, 7) is 2.91. The Labute approximate surface area is 150 Å². The van der Waals surface area contributed by atoms with Crippen molar-refractivity contribution in [1.29, 1.82) is 5.26 Å². The smallest absolute Gasteiger partial charge is 0.337 e. The number of nitrogens with zero attached hydrogens (tertiary/aromatic N) is 5. The lowest BCUT2D eigenvalue weighted by Gasteiger charge is -2.22. The molecule has 132 valence electrons. The van der Waals surface area contributed by atoms with Crippen LogP contribution in [0.5, 0.6) is 0 Å². The molecule has 2 aromatic heterocycles. The van der Waals surface area contributed by atoms with Gasteiger partial charge < -0.3 is 4.90 Å². The molecule has 0 unspecified atom stereocenters. The summed E-state index contributed by atoms with van der Waals surface area (Å²) in [5.41, 5.74) is 1.70. The maximum atomic E-state index is 12.7. The van der Waals surface area contributed by atoms with Gasteiger partial charge in [-0.3, -0.25) is 9.20 Å². The highest BCUT2D eigenvalue weighted by atomic mass is 16.2. The molecule has 0 saturated carbocycles. The minimum atomic E-state index is -0.330. The Hall–Kier alpha value is -3.40. The van der Waals surface area contributed by atoms with Crippen molar-refractivity contribution in [1.82, 2.24) is 19.1 Å². The molecule has 0 saturated heterocycles. The van der Waals surface area contributed by atoms with E-state index in [9.17, 15) is 9.59 Å². The Kier molecular flexibility index (Phi) is 5.13. The zero-order chi connectivity index (χ0) is 18.5. The van der Waals surface area contributed by atoms with Crippen LogP contribution in [0.3, 0.4) is 0 Å². The number of hydrogen-bond acceptors (Lipinski definition) is 4. The van der Waals surface area contributed by atoms with Gasteiger partial charge in [-0.15, -0.1) is 5.10 Å². The maximum Gasteiger partial charge on any atom is 0.350 e. The van der Waals surface area contributed by atoms with Crippen LogP contribution < -0.4 is 5.69 Å². The molecule has 7 heteroatoms. The zero-order valence-electron chi connectivity index (χ0n) is 14.5. The summed E-state index contributed by atoms with van der Waals surface area (Å²) >= 11 is 0. The van der Waals surface area contributed by atoms with Crippen molar-refractivity contribution in [2.75, 3.05) is 6.54 Å². The Morgan fingerprint density at radius 2 is 2.00 bits per heavy atom. The summed E-state index contributed by atoms with van der Waals surface area (Å²) in [4.78, 5) is 26.8. The standard InChI is InChI=1S/C19H19N5O2/c1-2-10-22(13-16-8-6-15(12-20)7-9-16)18(25)14-24-19(26)23-11-4-3-5-17(23)21-24/h3-9,11H,2,10,13-14H2,1H3. The van der Waals surface area contributed by atoms with E-state index in [0.717, 1.165) is 12.0 Å². The summed E-state index contributed by atoms with van der Waals surface area (Å²) < 4.78 is 2.61. The van der Waals surface area contributed by atoms with Crippen LogP contribution in [0.2, 0.25) is 0 Å². The molecule has 0 aliphatic rings. The Morgan fingerprint density at radius 1 is 1.23 bits per heavy atom. The maximum absolute atomic E-state index is 12.7. The normalized spacial score (nSPS) is 10.6. The van der Waals surface area contributed by atoms with Gasteiger partial charge in [0, 0.05) is 19.3 Å². The molecule has 0 aliphatic heterocycles. The first-order valence-electron chi connectivity index (χ1n) is 8.43. The minimum Gasteiger partial charge on any atom is -0.337 e. The zero-order valence-corrected chi connectivity index (χ0v) is 14.5. The lowest BCUT2D eigenvalue weighted by molar-refractivity contribution is -0.132. The third kappa shape index (κ3) is 3.64. The van der Waals surface area contributed by atoms with Crippen molar-refractivity contribution < 1.29 is 4.79 Å². The number of amides is 1. The van der Waals surface area contributed by atoms with Crippen molar-refractivity contribution in [2.45, 2.75) is 26.4 Å². The fourth-order valence-corrected chi connectivity index (χ4v) is 2.77. The highest BCUT2D eigenvalue weighted by Gasteiger charge is 2.17. The second-order valence-electron chi connectivity index (χ2n) is 5.99. The molecule has 3 rings (SSSR count). The molecule has 1 aromatic carbocycles. The van der Waals surface area contributed by atoms with Gasteiger partial charge in [-0.2, -0.15) is 5.26 Å². The van der Waals surface area contributed by atoms with Crippen LogP contribution in [-0.2, 0) is 17.9 Å². The lowest BCUT2D eigenvalue weighted by Crippen LogP contribution is -2.37. The quantitative estimate of drug-likeness (QED) is 0.679. The lowest BCUT2D eigenvalue weighted by atomic mass is 10.1. The van der Waals surface area contributed by atoms with Gasteiger partial charge in [-0.1, -0.05) is 25.1 Å². The number of rotatable bonds is 6. The number of carbonyl (C=O) groups is 1. The Balaban J connectivity index is 1.78. The van der Waals surface area contributed by atoms with Crippen LogP contribution in [0.25, 0.3) is 5.65 Å². The predicted molar refractivity (Wildman–Crippen MR) is 96.3 cm³/mol. The van der Waals surface area contributed by atoms with Gasteiger partial charge in [0.25, 0.3) is 0 Å². The molecule has 1 amide bonds. The average Bonchev–Trinajstić information content (AvgIpc) is 2.98. The third-order valence-corrected chi connectivity index (χ3v) is 4.08. The first-order chi connectivity index (χ1) is 12.6. The highest BCUT2D eigenvalue weighted by Crippen LogP contribution is 2.09. The summed E-state index contributed by atoms with van der Waals surface area (Å²) in [5, 5.41) is 13.1. The van der Waals surface area contributed by atoms with Crippen LogP contribution >= 0.6 is 0 Å². The van der Waals surface area contributed by atoms with E-state index in [-0.39, 0.29) is 18.1 Å². The summed E-state index contributed by atoms with van der Waals surface area (Å²) in [6.07, 6.45) is 2.44. The summed E-state index contributed by atoms with van der Waals surface area (Å²) in [5.74, 6) is -0.165. The van der Waals surface area contributed by atoms with Crippen LogP contribution in [0.15, 0.2) is 53.5 Å². The molecular formula is C19H19N5O2. The van der Waals surface area contributed by atoms with Crippen LogP contribution in [0.4, 0.5) is 0 Å². The van der Waals surface area contributed by atoms with Gasteiger partial charge in [-0.25, -0.2) is 9.48 Å². The SMILES string of the molecule is CCCN(Cc1ccc(C#N)cc1)C(=O)Cn1nc2ccccn2c1=O. The number of carbonyl (C=O) groups excluding carboxylic acids is 1. The highest BCUT2D eigenvalue weighted by molar-refractivity contribution is 5.76. The Morgan fingerprint density at radius 3 is 2.65 bits per heavy atom. The molecule has 26 heavy (non-hydrogen) atoms. The summed E-state index contributed by atoms with van der Waals surface area (Å²) in [7, 11) is 0. The largest absolute Gasteiger partial charge is 0.350 e. The van der Waals surface area contributed by atoms with E-state index >= 15 is 0 Å².